The van der Waals surface area contributed by atoms with E-state index in [4.69, 9.17) is 9.47 Å². The molecule has 0 spiro atoms. The van der Waals surface area contributed by atoms with Gasteiger partial charge in [-0.15, -0.1) is 0 Å². The van der Waals surface area contributed by atoms with Gasteiger partial charge in [0.25, 0.3) is 0 Å². The molecule has 5 heteroatoms. The summed E-state index contributed by atoms with van der Waals surface area (Å²) in [4.78, 5) is 11.3. The number of carbonyl (C=O) groups excluding carboxylic acids is 1. The van der Waals surface area contributed by atoms with Crippen LogP contribution >= 0.6 is 0 Å². The van der Waals surface area contributed by atoms with E-state index >= 15 is 0 Å². The van der Waals surface area contributed by atoms with Crippen LogP contribution in [0, 0.1) is 5.92 Å². The number of amides is 1. The zero-order chi connectivity index (χ0) is 13.0. The maximum atomic E-state index is 11.3. The van der Waals surface area contributed by atoms with E-state index in [1.54, 1.807) is 32.6 Å². The number of ether oxygens (including phenoxy) is 2. The molecule has 0 aromatic heterocycles. The summed E-state index contributed by atoms with van der Waals surface area (Å²) in [6.45, 7) is 0. The molecule has 0 bridgehead atoms. The highest BCUT2D eigenvalue weighted by atomic mass is 16.5. The molecular weight excluding hydrogens is 232 g/mol. The number of rotatable bonds is 5. The average molecular weight is 248 g/mol. The van der Waals surface area contributed by atoms with Crippen LogP contribution in [0.15, 0.2) is 23.3 Å². The van der Waals surface area contributed by atoms with Gasteiger partial charge in [-0.25, -0.2) is 5.43 Å². The van der Waals surface area contributed by atoms with E-state index in [-0.39, 0.29) is 11.8 Å². The lowest BCUT2D eigenvalue weighted by Gasteiger charge is -2.07. The molecule has 2 rings (SSSR count). The molecule has 1 aromatic carbocycles. The van der Waals surface area contributed by atoms with E-state index < -0.39 is 0 Å². The van der Waals surface area contributed by atoms with Gasteiger partial charge in [-0.05, 0) is 36.6 Å². The van der Waals surface area contributed by atoms with Crippen LogP contribution in [-0.2, 0) is 4.79 Å². The van der Waals surface area contributed by atoms with E-state index in [2.05, 4.69) is 10.5 Å². The van der Waals surface area contributed by atoms with Crippen molar-refractivity contribution in [3.63, 3.8) is 0 Å². The number of nitrogens with one attached hydrogen (secondary N) is 1. The molecule has 1 aliphatic rings. The Bertz CT molecular complexity index is 467. The molecule has 0 aliphatic heterocycles. The molecule has 1 aliphatic carbocycles. The standard InChI is InChI=1S/C13H16N2O3/c1-17-11-6-3-9(7-12(11)18-2)8-14-15-13(16)10-4-5-10/h3,6-8,10H,4-5H2,1-2H3,(H,15,16)/b14-8-. The molecular formula is C13H16N2O3. The van der Waals surface area contributed by atoms with Gasteiger partial charge in [0.2, 0.25) is 5.91 Å². The van der Waals surface area contributed by atoms with Gasteiger partial charge in [-0.3, -0.25) is 4.79 Å². The van der Waals surface area contributed by atoms with Crippen LogP contribution < -0.4 is 14.9 Å². The number of methoxy groups -OCH3 is 2. The molecule has 18 heavy (non-hydrogen) atoms. The highest BCUT2D eigenvalue weighted by Gasteiger charge is 2.29. The second-order valence-corrected chi connectivity index (χ2v) is 4.12. The van der Waals surface area contributed by atoms with Crippen LogP contribution in [-0.4, -0.2) is 26.3 Å². The van der Waals surface area contributed by atoms with Crippen LogP contribution in [0.5, 0.6) is 11.5 Å². The zero-order valence-corrected chi connectivity index (χ0v) is 10.5. The van der Waals surface area contributed by atoms with Gasteiger partial charge in [0.05, 0.1) is 20.4 Å². The predicted octanol–water partition coefficient (Wildman–Crippen LogP) is 1.56. The highest BCUT2D eigenvalue weighted by Crippen LogP contribution is 2.29. The Hall–Kier alpha value is -2.04. The van der Waals surface area contributed by atoms with Gasteiger partial charge in [0, 0.05) is 5.92 Å². The molecule has 0 heterocycles. The number of hydrogen-bond donors (Lipinski definition) is 1. The van der Waals surface area contributed by atoms with Crippen molar-refractivity contribution in [3.05, 3.63) is 23.8 Å². The summed E-state index contributed by atoms with van der Waals surface area (Å²) < 4.78 is 10.3. The highest BCUT2D eigenvalue weighted by molar-refractivity contribution is 5.84. The van der Waals surface area contributed by atoms with E-state index in [1.807, 2.05) is 6.07 Å². The lowest BCUT2D eigenvalue weighted by molar-refractivity contribution is -0.122. The van der Waals surface area contributed by atoms with Crippen molar-refractivity contribution in [2.24, 2.45) is 11.0 Å². The molecule has 0 atom stereocenters. The predicted molar refractivity (Wildman–Crippen MR) is 68.0 cm³/mol. The smallest absolute Gasteiger partial charge is 0.243 e. The second-order valence-electron chi connectivity index (χ2n) is 4.12. The number of hydrogen-bond acceptors (Lipinski definition) is 4. The third-order valence-corrected chi connectivity index (χ3v) is 2.74. The molecule has 0 radical (unpaired) electrons. The van der Waals surface area contributed by atoms with E-state index in [0.29, 0.717) is 11.5 Å². The van der Waals surface area contributed by atoms with Crippen molar-refractivity contribution in [2.75, 3.05) is 14.2 Å². The Labute approximate surface area is 106 Å². The fourth-order valence-electron chi connectivity index (χ4n) is 1.54. The van der Waals surface area contributed by atoms with Crippen molar-refractivity contribution >= 4 is 12.1 Å². The van der Waals surface area contributed by atoms with Gasteiger partial charge in [-0.1, -0.05) is 0 Å². The Kier molecular flexibility index (Phi) is 3.82. The van der Waals surface area contributed by atoms with Crippen molar-refractivity contribution < 1.29 is 14.3 Å². The summed E-state index contributed by atoms with van der Waals surface area (Å²) in [5.74, 6) is 1.45. The van der Waals surface area contributed by atoms with Gasteiger partial charge in [0.1, 0.15) is 0 Å². The van der Waals surface area contributed by atoms with Crippen LogP contribution in [0.2, 0.25) is 0 Å². The summed E-state index contributed by atoms with van der Waals surface area (Å²) in [7, 11) is 3.16. The molecule has 1 amide bonds. The van der Waals surface area contributed by atoms with E-state index in [1.165, 1.54) is 0 Å². The first-order valence-corrected chi connectivity index (χ1v) is 5.79. The maximum absolute atomic E-state index is 11.3. The number of carbonyl (C=O) groups is 1. The van der Waals surface area contributed by atoms with Crippen LogP contribution in [0.3, 0.4) is 0 Å². The maximum Gasteiger partial charge on any atom is 0.243 e. The molecule has 1 saturated carbocycles. The third kappa shape index (κ3) is 3.00. The Morgan fingerprint density at radius 3 is 2.67 bits per heavy atom. The molecule has 1 N–H and O–H groups in total. The normalized spacial score (nSPS) is 14.6. The Morgan fingerprint density at radius 2 is 2.06 bits per heavy atom. The minimum absolute atomic E-state index is 0.00766. The Balaban J connectivity index is 1.99. The van der Waals surface area contributed by atoms with Crippen molar-refractivity contribution in [3.8, 4) is 11.5 Å². The van der Waals surface area contributed by atoms with E-state index in [9.17, 15) is 4.79 Å². The minimum atomic E-state index is -0.00766. The van der Waals surface area contributed by atoms with Crippen molar-refractivity contribution in [1.29, 1.82) is 0 Å². The summed E-state index contributed by atoms with van der Waals surface area (Å²) in [6, 6.07) is 5.43. The topological polar surface area (TPSA) is 59.9 Å². The second kappa shape index (κ2) is 5.53. The number of nitrogens with zero attached hydrogens (tertiary/aromatic N) is 1. The van der Waals surface area contributed by atoms with Crippen LogP contribution in [0.4, 0.5) is 0 Å². The van der Waals surface area contributed by atoms with E-state index in [0.717, 1.165) is 18.4 Å². The third-order valence-electron chi connectivity index (χ3n) is 2.74. The molecule has 1 fully saturated rings. The van der Waals surface area contributed by atoms with Gasteiger partial charge in [-0.2, -0.15) is 5.10 Å². The average Bonchev–Trinajstić information content (AvgIpc) is 3.22. The lowest BCUT2D eigenvalue weighted by Crippen LogP contribution is -2.18. The molecule has 5 nitrogen and oxygen atoms in total. The summed E-state index contributed by atoms with van der Waals surface area (Å²) in [5, 5.41) is 3.91. The van der Waals surface area contributed by atoms with Gasteiger partial charge >= 0.3 is 0 Å². The van der Waals surface area contributed by atoms with Gasteiger partial charge in [0.15, 0.2) is 11.5 Å². The SMILES string of the molecule is COc1ccc(/C=N\NC(=O)C2CC2)cc1OC. The molecule has 0 saturated heterocycles. The summed E-state index contributed by atoms with van der Waals surface area (Å²) in [6.07, 6.45) is 3.53. The first-order valence-electron chi connectivity index (χ1n) is 5.79. The fraction of sp³-hybridized carbons (Fsp3) is 0.385. The number of hydrazone groups is 1. The first-order chi connectivity index (χ1) is 8.74. The van der Waals surface area contributed by atoms with Crippen LogP contribution in [0.25, 0.3) is 0 Å². The largest absolute Gasteiger partial charge is 0.493 e. The minimum Gasteiger partial charge on any atom is -0.493 e. The molecule has 96 valence electrons. The first kappa shape index (κ1) is 12.4. The van der Waals surface area contributed by atoms with Crippen molar-refractivity contribution in [1.82, 2.24) is 5.43 Å². The Morgan fingerprint density at radius 1 is 1.33 bits per heavy atom. The van der Waals surface area contributed by atoms with Crippen LogP contribution in [0.1, 0.15) is 18.4 Å². The van der Waals surface area contributed by atoms with Crippen molar-refractivity contribution in [2.45, 2.75) is 12.8 Å². The molecule has 1 aromatic rings. The van der Waals surface area contributed by atoms with Gasteiger partial charge < -0.3 is 9.47 Å². The molecule has 0 unspecified atom stereocenters. The lowest BCUT2D eigenvalue weighted by atomic mass is 10.2. The quantitative estimate of drug-likeness (QED) is 0.635. The fourth-order valence-corrected chi connectivity index (χ4v) is 1.54. The zero-order valence-electron chi connectivity index (χ0n) is 10.5. The monoisotopic (exact) mass is 248 g/mol. The summed E-state index contributed by atoms with van der Waals surface area (Å²) in [5.41, 5.74) is 3.35. The number of benzene rings is 1. The summed E-state index contributed by atoms with van der Waals surface area (Å²) >= 11 is 0.